The summed E-state index contributed by atoms with van der Waals surface area (Å²) in [6, 6.07) is -1.17. The quantitative estimate of drug-likeness (QED) is 0.0982. The lowest BCUT2D eigenvalue weighted by Gasteiger charge is -2.42. The molecule has 1 aliphatic carbocycles. The molecular formula is C53H84NO15P. The van der Waals surface area contributed by atoms with Gasteiger partial charge in [-0.2, -0.15) is 0 Å². The van der Waals surface area contributed by atoms with Gasteiger partial charge in [-0.25, -0.2) is 4.79 Å². The Labute approximate surface area is 416 Å². The standard InChI is InChI=1S/C53H84NO15P/c1-32-18-14-13-15-19-33(2)44(63-8)30-40-23-21-38(7)53(61,68-40)50(58)51(59)54-25-17-16-20-41(54)52(60)67-45(35(4)28-39-22-24-43(46(29-39)64-9)69-70(12,62)66-11)31-42(55)34(3)27-37(6)48(57)49(65-10)47(56)36(5)26-32/h13-15,18-19,27,32,34-36,38-41,43-46,48-49,57,61H,16-17,20-26,28-31H2,1-12H3/b15-13?,18-14+,33-19?,37-27+/t32-,34-,35-,36-,38-,39+,40+,41+,43-,44+,45?,46-,48-,49+,53-,70?/m1/s1. The fourth-order valence-corrected chi connectivity index (χ4v) is 11.3. The van der Waals surface area contributed by atoms with Gasteiger partial charge in [0.15, 0.2) is 5.78 Å². The zero-order chi connectivity index (χ0) is 52.1. The summed E-state index contributed by atoms with van der Waals surface area (Å²) >= 11 is 0. The molecular weight excluding hydrogens is 922 g/mol. The number of hydrogen-bond donors (Lipinski definition) is 2. The monoisotopic (exact) mass is 1010 g/mol. The second kappa shape index (κ2) is 27.2. The molecule has 2 N–H and O–H groups in total. The summed E-state index contributed by atoms with van der Waals surface area (Å²) in [4.78, 5) is 72.3. The van der Waals surface area contributed by atoms with E-state index in [1.54, 1.807) is 41.1 Å². The molecule has 16 nitrogen and oxygen atoms in total. The van der Waals surface area contributed by atoms with Crippen molar-refractivity contribution in [2.75, 3.05) is 41.6 Å². The van der Waals surface area contributed by atoms with E-state index in [2.05, 4.69) is 0 Å². The maximum Gasteiger partial charge on any atom is 0.329 e. The fourth-order valence-electron chi connectivity index (χ4n) is 10.5. The number of ketones is 3. The van der Waals surface area contributed by atoms with Crippen molar-refractivity contribution in [1.82, 2.24) is 4.90 Å². The lowest BCUT2D eigenvalue weighted by Crippen LogP contribution is -2.61. The molecule has 3 fully saturated rings. The van der Waals surface area contributed by atoms with E-state index in [0.717, 1.165) is 5.57 Å². The highest BCUT2D eigenvalue weighted by Crippen LogP contribution is 2.48. The number of ether oxygens (including phenoxy) is 5. The zero-order valence-electron chi connectivity index (χ0n) is 43.8. The average Bonchev–Trinajstić information content (AvgIpc) is 3.33. The number of hydrogen-bond acceptors (Lipinski definition) is 15. The number of carbonyl (C=O) groups excluding carboxylic acids is 5. The van der Waals surface area contributed by atoms with Crippen LogP contribution >= 0.6 is 7.60 Å². The van der Waals surface area contributed by atoms with Gasteiger partial charge in [-0.15, -0.1) is 0 Å². The first-order chi connectivity index (χ1) is 33.0. The lowest BCUT2D eigenvalue weighted by atomic mass is 9.78. The molecule has 4 aliphatic rings. The molecule has 0 aromatic heterocycles. The van der Waals surface area contributed by atoms with Crippen molar-refractivity contribution >= 4 is 36.8 Å². The Bertz CT molecular complexity index is 1970. The summed E-state index contributed by atoms with van der Waals surface area (Å²) in [5.41, 5.74) is 1.24. The Morgan fingerprint density at radius 1 is 0.857 bits per heavy atom. The van der Waals surface area contributed by atoms with E-state index in [1.165, 1.54) is 25.8 Å². The number of aliphatic hydroxyl groups excluding tert-OH is 1. The van der Waals surface area contributed by atoms with Crippen LogP contribution in [0.4, 0.5) is 0 Å². The number of esters is 1. The number of Topliss-reactive ketones (excluding diaryl/α,β-unsaturated/α-hetero) is 3. The van der Waals surface area contributed by atoms with Gasteiger partial charge in [0.05, 0.1) is 24.4 Å². The van der Waals surface area contributed by atoms with Crippen LogP contribution in [0.1, 0.15) is 126 Å². The van der Waals surface area contributed by atoms with Crippen molar-refractivity contribution in [2.24, 2.45) is 35.5 Å². The number of cyclic esters (lactones) is 1. The predicted octanol–water partition coefficient (Wildman–Crippen LogP) is 7.67. The molecule has 17 heteroatoms. The minimum atomic E-state index is -3.30. The number of carbonyl (C=O) groups is 5. The van der Waals surface area contributed by atoms with Crippen LogP contribution in [0.3, 0.4) is 0 Å². The average molecular weight is 1010 g/mol. The Morgan fingerprint density at radius 2 is 1.57 bits per heavy atom. The van der Waals surface area contributed by atoms with Gasteiger partial charge in [-0.05, 0) is 107 Å². The molecule has 1 saturated carbocycles. The Balaban J connectivity index is 1.70. The molecule has 0 aromatic carbocycles. The SMILES string of the molecule is CO[C@H]1C[C@@H]2CC[C@@H](C)[C@@](O)(O2)C(=O)C(=O)N2CCCC[C@H]2C(=O)OC([C@H](C)C[C@@H]2CC[C@@H](OP(C)(=O)OC)[C@H](OC)C2)CC(=O)[C@H](C)/C=C(\C)[C@@H](O)[C@@H](OC)C(=O)[C@H](C)C[C@H](C)/C=C/C=CC=C1C. The highest BCUT2D eigenvalue weighted by Gasteiger charge is 2.53. The molecule has 4 rings (SSSR count). The molecule has 396 valence electrons. The van der Waals surface area contributed by atoms with Gasteiger partial charge in [-0.1, -0.05) is 71.1 Å². The summed E-state index contributed by atoms with van der Waals surface area (Å²) in [5, 5.41) is 23.5. The number of piperidine rings is 1. The number of nitrogens with zero attached hydrogens (tertiary/aromatic N) is 1. The summed E-state index contributed by atoms with van der Waals surface area (Å²) in [6.45, 7) is 14.1. The molecule has 2 unspecified atom stereocenters. The van der Waals surface area contributed by atoms with Crippen molar-refractivity contribution < 1.29 is 71.5 Å². The molecule has 0 aromatic rings. The number of rotatable bonds is 9. The first-order valence-corrected chi connectivity index (χ1v) is 27.3. The topological polar surface area (TPSA) is 211 Å². The zero-order valence-corrected chi connectivity index (χ0v) is 44.7. The van der Waals surface area contributed by atoms with Crippen molar-refractivity contribution in [2.45, 2.75) is 180 Å². The van der Waals surface area contributed by atoms with Crippen molar-refractivity contribution in [3.8, 4) is 0 Å². The fraction of sp³-hybridized carbons (Fsp3) is 0.755. The maximum atomic E-state index is 14.5. The summed E-state index contributed by atoms with van der Waals surface area (Å²) in [7, 11) is 2.55. The maximum absolute atomic E-state index is 14.5. The first kappa shape index (κ1) is 59.4. The van der Waals surface area contributed by atoms with Crippen LogP contribution in [0.5, 0.6) is 0 Å². The molecule has 70 heavy (non-hydrogen) atoms. The summed E-state index contributed by atoms with van der Waals surface area (Å²) in [6.07, 6.45) is 10.8. The van der Waals surface area contributed by atoms with E-state index in [1.807, 2.05) is 58.1 Å². The van der Waals surface area contributed by atoms with Crippen LogP contribution in [0.25, 0.3) is 0 Å². The number of fused-ring (bicyclic) bond motifs is 3. The molecule has 0 spiro atoms. The van der Waals surface area contributed by atoms with E-state index in [4.69, 9.17) is 32.7 Å². The van der Waals surface area contributed by atoms with Gasteiger partial charge in [0, 0.05) is 72.2 Å². The third kappa shape index (κ3) is 15.9. The second-order valence-electron chi connectivity index (χ2n) is 20.6. The van der Waals surface area contributed by atoms with Crippen molar-refractivity contribution in [3.05, 3.63) is 47.6 Å². The smallest absolute Gasteiger partial charge is 0.329 e. The normalized spacial score (nSPS) is 38.1. The molecule has 3 heterocycles. The Hall–Kier alpha value is -3.18. The second-order valence-corrected chi connectivity index (χ2v) is 22.7. The largest absolute Gasteiger partial charge is 0.460 e. The first-order valence-electron chi connectivity index (χ1n) is 25.3. The van der Waals surface area contributed by atoms with Crippen molar-refractivity contribution in [1.29, 1.82) is 0 Å². The lowest BCUT2D eigenvalue weighted by molar-refractivity contribution is -0.265. The van der Waals surface area contributed by atoms with Crippen LogP contribution in [0, 0.1) is 35.5 Å². The van der Waals surface area contributed by atoms with Crippen LogP contribution in [-0.4, -0.2) is 141 Å². The Morgan fingerprint density at radius 3 is 2.23 bits per heavy atom. The van der Waals surface area contributed by atoms with E-state index >= 15 is 0 Å². The van der Waals surface area contributed by atoms with E-state index < -0.39 is 97.6 Å². The molecule has 2 saturated heterocycles. The van der Waals surface area contributed by atoms with Gasteiger partial charge >= 0.3 is 13.6 Å². The highest BCUT2D eigenvalue weighted by molar-refractivity contribution is 7.52. The summed E-state index contributed by atoms with van der Waals surface area (Å²) < 4.78 is 53.4. The minimum absolute atomic E-state index is 0.00690. The van der Waals surface area contributed by atoms with Gasteiger partial charge in [0.1, 0.15) is 30.1 Å². The van der Waals surface area contributed by atoms with Crippen LogP contribution < -0.4 is 0 Å². The number of allylic oxidation sites excluding steroid dienone is 6. The Kier molecular flexibility index (Phi) is 23.1. The van der Waals surface area contributed by atoms with E-state index in [-0.39, 0.29) is 48.7 Å². The van der Waals surface area contributed by atoms with E-state index in [9.17, 15) is 38.8 Å². The van der Waals surface area contributed by atoms with Gasteiger partial charge in [0.25, 0.3) is 11.7 Å². The molecule has 3 aliphatic heterocycles. The van der Waals surface area contributed by atoms with E-state index in [0.29, 0.717) is 69.8 Å². The van der Waals surface area contributed by atoms with Crippen LogP contribution in [0.2, 0.25) is 0 Å². The molecule has 16 atom stereocenters. The highest BCUT2D eigenvalue weighted by atomic mass is 31.2. The number of methoxy groups -OCH3 is 3. The third-order valence-corrected chi connectivity index (χ3v) is 16.4. The van der Waals surface area contributed by atoms with Gasteiger partial charge < -0.3 is 47.8 Å². The third-order valence-electron chi connectivity index (χ3n) is 15.1. The minimum Gasteiger partial charge on any atom is -0.460 e. The number of aliphatic hydroxyl groups is 2. The predicted molar refractivity (Wildman–Crippen MR) is 265 cm³/mol. The van der Waals surface area contributed by atoms with Crippen molar-refractivity contribution in [3.63, 3.8) is 0 Å². The molecule has 0 radical (unpaired) electrons. The van der Waals surface area contributed by atoms with Crippen LogP contribution in [-0.2, 0) is 61.3 Å². The summed E-state index contributed by atoms with van der Waals surface area (Å²) in [5.74, 6) is -8.26. The number of amides is 1. The molecule has 2 bridgehead atoms. The van der Waals surface area contributed by atoms with Gasteiger partial charge in [0.2, 0.25) is 5.79 Å². The van der Waals surface area contributed by atoms with Gasteiger partial charge in [-0.3, -0.25) is 23.7 Å². The van der Waals surface area contributed by atoms with Crippen LogP contribution in [0.15, 0.2) is 47.6 Å². The molecule has 1 amide bonds.